The molecule has 2 rings (SSSR count). The maximum absolute atomic E-state index is 11.2. The van der Waals surface area contributed by atoms with Crippen molar-refractivity contribution < 1.29 is 9.90 Å². The molecule has 92 valence electrons. The molecule has 0 N–H and O–H groups in total. The maximum atomic E-state index is 11.2. The van der Waals surface area contributed by atoms with Crippen LogP contribution in [0.3, 0.4) is 0 Å². The van der Waals surface area contributed by atoms with Crippen LogP contribution in [0.2, 0.25) is 0 Å². The summed E-state index contributed by atoms with van der Waals surface area (Å²) in [6.45, 7) is 5.63. The molecule has 1 aliphatic rings. The Morgan fingerprint density at radius 1 is 1.35 bits per heavy atom. The Hall–Kier alpha value is -1.45. The third kappa shape index (κ3) is 2.62. The molecule has 17 heavy (non-hydrogen) atoms. The summed E-state index contributed by atoms with van der Waals surface area (Å²) >= 11 is 0. The van der Waals surface area contributed by atoms with Crippen molar-refractivity contribution in [1.29, 1.82) is 0 Å². The van der Waals surface area contributed by atoms with Gasteiger partial charge in [-0.3, -0.25) is 0 Å². The molecule has 1 aromatic heterocycles. The van der Waals surface area contributed by atoms with Gasteiger partial charge in [0.2, 0.25) is 0 Å². The lowest BCUT2D eigenvalue weighted by Crippen LogP contribution is -2.37. The molecule has 0 saturated heterocycles. The summed E-state index contributed by atoms with van der Waals surface area (Å²) in [7, 11) is 0. The summed E-state index contributed by atoms with van der Waals surface area (Å²) in [5, 5.41) is 11.2. The Morgan fingerprint density at radius 2 is 1.88 bits per heavy atom. The lowest BCUT2D eigenvalue weighted by molar-refractivity contribution is -0.310. The fraction of sp³-hybridized carbons (Fsp3) is 0.615. The normalized spacial score (nSPS) is 17.8. The van der Waals surface area contributed by atoms with Crippen LogP contribution in [0.4, 0.5) is 0 Å². The van der Waals surface area contributed by atoms with Crippen LogP contribution >= 0.6 is 0 Å². The first kappa shape index (κ1) is 12.0. The van der Waals surface area contributed by atoms with Gasteiger partial charge in [-0.25, -0.2) is 9.97 Å². The second-order valence-electron chi connectivity index (χ2n) is 5.77. The zero-order valence-corrected chi connectivity index (χ0v) is 10.4. The molecule has 0 bridgehead atoms. The van der Waals surface area contributed by atoms with Gasteiger partial charge in [0, 0.05) is 30.2 Å². The van der Waals surface area contributed by atoms with Gasteiger partial charge in [-0.15, -0.1) is 0 Å². The lowest BCUT2D eigenvalue weighted by Gasteiger charge is -2.31. The van der Waals surface area contributed by atoms with Crippen LogP contribution in [0.1, 0.15) is 56.8 Å². The quantitative estimate of drug-likeness (QED) is 0.787. The molecule has 1 fully saturated rings. The SMILES string of the molecule is CC(C)(C)C(C(=O)[O-])c1cnc(C2CC2)nc1. The minimum absolute atomic E-state index is 0.400. The van der Waals surface area contributed by atoms with Gasteiger partial charge < -0.3 is 9.90 Å². The van der Waals surface area contributed by atoms with Crippen molar-refractivity contribution in [2.45, 2.75) is 45.4 Å². The molecule has 1 atom stereocenters. The Morgan fingerprint density at radius 3 is 2.24 bits per heavy atom. The number of carboxylic acid groups (broad SMARTS) is 1. The number of rotatable bonds is 3. The summed E-state index contributed by atoms with van der Waals surface area (Å²) < 4.78 is 0. The fourth-order valence-electron chi connectivity index (χ4n) is 2.04. The van der Waals surface area contributed by atoms with Crippen LogP contribution in [0.15, 0.2) is 12.4 Å². The van der Waals surface area contributed by atoms with Crippen molar-refractivity contribution in [3.8, 4) is 0 Å². The molecular weight excluding hydrogens is 216 g/mol. The molecular formula is C13H17N2O2-. The highest BCUT2D eigenvalue weighted by Gasteiger charge is 2.30. The van der Waals surface area contributed by atoms with Gasteiger partial charge in [-0.1, -0.05) is 20.8 Å². The molecule has 0 radical (unpaired) electrons. The minimum Gasteiger partial charge on any atom is -0.549 e. The van der Waals surface area contributed by atoms with Crippen molar-refractivity contribution >= 4 is 5.97 Å². The predicted molar refractivity (Wildman–Crippen MR) is 61.2 cm³/mol. The molecule has 1 saturated carbocycles. The largest absolute Gasteiger partial charge is 0.549 e. The first-order chi connectivity index (χ1) is 7.89. The zero-order chi connectivity index (χ0) is 12.6. The van der Waals surface area contributed by atoms with E-state index in [-0.39, 0.29) is 0 Å². The van der Waals surface area contributed by atoms with Crippen LogP contribution in [0.25, 0.3) is 0 Å². The molecule has 1 unspecified atom stereocenters. The molecule has 0 amide bonds. The molecule has 4 nitrogen and oxygen atoms in total. The van der Waals surface area contributed by atoms with Crippen LogP contribution < -0.4 is 5.11 Å². The summed E-state index contributed by atoms with van der Waals surface area (Å²) in [4.78, 5) is 19.7. The first-order valence-electron chi connectivity index (χ1n) is 5.92. The number of carboxylic acids is 1. The van der Waals surface area contributed by atoms with E-state index in [4.69, 9.17) is 0 Å². The van der Waals surface area contributed by atoms with E-state index in [2.05, 4.69) is 9.97 Å². The minimum atomic E-state index is -1.07. The average Bonchev–Trinajstić information content (AvgIpc) is 2.99. The van der Waals surface area contributed by atoms with Crippen LogP contribution in [-0.4, -0.2) is 15.9 Å². The van der Waals surface area contributed by atoms with Gasteiger partial charge >= 0.3 is 0 Å². The molecule has 0 aromatic carbocycles. The first-order valence-corrected chi connectivity index (χ1v) is 5.92. The second-order valence-corrected chi connectivity index (χ2v) is 5.77. The molecule has 1 aromatic rings. The van der Waals surface area contributed by atoms with E-state index >= 15 is 0 Å². The number of aliphatic carboxylic acids is 1. The Labute approximate surface area is 101 Å². The number of aromatic nitrogens is 2. The highest BCUT2D eigenvalue weighted by molar-refractivity contribution is 5.74. The predicted octanol–water partition coefficient (Wildman–Crippen LogP) is 1.23. The second kappa shape index (κ2) is 4.09. The molecule has 1 heterocycles. The topological polar surface area (TPSA) is 65.9 Å². The van der Waals surface area contributed by atoms with Gasteiger partial charge in [-0.2, -0.15) is 0 Å². The summed E-state index contributed by atoms with van der Waals surface area (Å²) in [5.41, 5.74) is 0.227. The Bertz CT molecular complexity index is 416. The van der Waals surface area contributed by atoms with E-state index in [1.54, 1.807) is 12.4 Å². The molecule has 1 aliphatic carbocycles. The number of carbonyl (C=O) groups is 1. The van der Waals surface area contributed by atoms with Crippen molar-refractivity contribution in [2.24, 2.45) is 5.41 Å². The van der Waals surface area contributed by atoms with E-state index in [1.807, 2.05) is 20.8 Å². The summed E-state index contributed by atoms with van der Waals surface area (Å²) in [5.74, 6) is -0.420. The summed E-state index contributed by atoms with van der Waals surface area (Å²) in [6.07, 6.45) is 5.55. The molecule has 0 spiro atoms. The number of carbonyl (C=O) groups excluding carboxylic acids is 1. The highest BCUT2D eigenvalue weighted by atomic mass is 16.4. The number of hydrogen-bond donors (Lipinski definition) is 0. The smallest absolute Gasteiger partial charge is 0.131 e. The number of nitrogens with zero attached hydrogens (tertiary/aromatic N) is 2. The molecule has 0 aliphatic heterocycles. The van der Waals surface area contributed by atoms with Gasteiger partial charge in [0.15, 0.2) is 0 Å². The van der Waals surface area contributed by atoms with E-state index in [1.165, 1.54) is 0 Å². The van der Waals surface area contributed by atoms with Crippen molar-refractivity contribution in [1.82, 2.24) is 9.97 Å². The third-order valence-electron chi connectivity index (χ3n) is 3.07. The summed E-state index contributed by atoms with van der Waals surface area (Å²) in [6, 6.07) is 0. The molecule has 4 heteroatoms. The lowest BCUT2D eigenvalue weighted by atomic mass is 9.77. The average molecular weight is 233 g/mol. The van der Waals surface area contributed by atoms with Crippen LogP contribution in [0, 0.1) is 5.41 Å². The van der Waals surface area contributed by atoms with Crippen LogP contribution in [-0.2, 0) is 4.79 Å². The fourth-order valence-corrected chi connectivity index (χ4v) is 2.04. The Kier molecular flexibility index (Phi) is 2.89. The van der Waals surface area contributed by atoms with Gasteiger partial charge in [-0.05, 0) is 23.8 Å². The van der Waals surface area contributed by atoms with Gasteiger partial charge in [0.05, 0.1) is 0 Å². The Balaban J connectivity index is 2.27. The van der Waals surface area contributed by atoms with E-state index in [0.29, 0.717) is 11.5 Å². The maximum Gasteiger partial charge on any atom is 0.131 e. The van der Waals surface area contributed by atoms with Crippen molar-refractivity contribution in [2.75, 3.05) is 0 Å². The standard InChI is InChI=1S/C13H18N2O2/c1-13(2,3)10(12(16)17)9-6-14-11(15-7-9)8-4-5-8/h6-8,10H,4-5H2,1-3H3,(H,16,17)/p-1. The van der Waals surface area contributed by atoms with Crippen molar-refractivity contribution in [3.63, 3.8) is 0 Å². The van der Waals surface area contributed by atoms with Gasteiger partial charge in [0.25, 0.3) is 0 Å². The highest BCUT2D eigenvalue weighted by Crippen LogP contribution is 2.39. The van der Waals surface area contributed by atoms with Gasteiger partial charge in [0.1, 0.15) is 5.82 Å². The third-order valence-corrected chi connectivity index (χ3v) is 3.07. The van der Waals surface area contributed by atoms with Crippen molar-refractivity contribution in [3.05, 3.63) is 23.8 Å². The van der Waals surface area contributed by atoms with E-state index < -0.39 is 17.3 Å². The van der Waals surface area contributed by atoms with E-state index in [0.717, 1.165) is 18.7 Å². The number of hydrogen-bond acceptors (Lipinski definition) is 4. The van der Waals surface area contributed by atoms with Crippen LogP contribution in [0.5, 0.6) is 0 Å². The van der Waals surface area contributed by atoms with E-state index in [9.17, 15) is 9.90 Å². The monoisotopic (exact) mass is 233 g/mol. The zero-order valence-electron chi connectivity index (χ0n) is 10.4.